The molecular weight excluding hydrogens is 384 g/mol. The molecule has 2 aromatic rings. The van der Waals surface area contributed by atoms with Crippen LogP contribution in [-0.2, 0) is 11.2 Å². The van der Waals surface area contributed by atoms with E-state index in [-0.39, 0.29) is 30.7 Å². The molecular formula is C23H26N2O5. The number of likely N-dealkylation sites (N-methyl/N-ethyl adjacent to an activating group) is 1. The quantitative estimate of drug-likeness (QED) is 0.594. The van der Waals surface area contributed by atoms with Gasteiger partial charge >= 0.3 is 0 Å². The maximum Gasteiger partial charge on any atom is 0.261 e. The summed E-state index contributed by atoms with van der Waals surface area (Å²) < 4.78 is 10.5. The topological polar surface area (TPSA) is 76.2 Å². The average Bonchev–Trinajstić information content (AvgIpc) is 3.02. The van der Waals surface area contributed by atoms with E-state index in [2.05, 4.69) is 0 Å². The first-order valence-electron chi connectivity index (χ1n) is 9.86. The Hall–Kier alpha value is -3.35. The monoisotopic (exact) mass is 410 g/mol. The Morgan fingerprint density at radius 3 is 2.20 bits per heavy atom. The second kappa shape index (κ2) is 9.43. The van der Waals surface area contributed by atoms with Crippen molar-refractivity contribution in [3.63, 3.8) is 0 Å². The molecule has 1 aliphatic heterocycles. The van der Waals surface area contributed by atoms with Crippen molar-refractivity contribution in [2.24, 2.45) is 0 Å². The molecule has 3 rings (SSSR count). The lowest BCUT2D eigenvalue weighted by molar-refractivity contribution is -0.130. The highest BCUT2D eigenvalue weighted by atomic mass is 16.5. The second-order valence-electron chi connectivity index (χ2n) is 7.17. The van der Waals surface area contributed by atoms with Gasteiger partial charge in [-0.25, -0.2) is 0 Å². The van der Waals surface area contributed by atoms with Gasteiger partial charge in [0.2, 0.25) is 5.91 Å². The minimum Gasteiger partial charge on any atom is -0.493 e. The number of benzene rings is 2. The van der Waals surface area contributed by atoms with E-state index in [9.17, 15) is 14.4 Å². The minimum atomic E-state index is -0.287. The van der Waals surface area contributed by atoms with Crippen molar-refractivity contribution >= 4 is 17.7 Å². The molecule has 0 N–H and O–H groups in total. The molecule has 0 spiro atoms. The molecule has 0 bridgehead atoms. The highest BCUT2D eigenvalue weighted by Crippen LogP contribution is 2.27. The fourth-order valence-corrected chi connectivity index (χ4v) is 3.48. The van der Waals surface area contributed by atoms with Gasteiger partial charge < -0.3 is 14.4 Å². The molecule has 0 aromatic heterocycles. The maximum absolute atomic E-state index is 12.4. The van der Waals surface area contributed by atoms with Crippen LogP contribution in [0.5, 0.6) is 11.5 Å². The first-order valence-corrected chi connectivity index (χ1v) is 9.86. The number of methoxy groups -OCH3 is 2. The van der Waals surface area contributed by atoms with Crippen LogP contribution in [0.4, 0.5) is 0 Å². The number of amides is 3. The molecule has 0 unspecified atom stereocenters. The molecule has 158 valence electrons. The minimum absolute atomic E-state index is 0.0212. The molecule has 30 heavy (non-hydrogen) atoms. The van der Waals surface area contributed by atoms with E-state index >= 15 is 0 Å². The molecule has 1 aliphatic rings. The highest BCUT2D eigenvalue weighted by molar-refractivity contribution is 6.21. The van der Waals surface area contributed by atoms with Crippen LogP contribution in [0, 0.1) is 0 Å². The zero-order valence-electron chi connectivity index (χ0n) is 17.5. The Bertz CT molecular complexity index is 921. The fourth-order valence-electron chi connectivity index (χ4n) is 3.48. The van der Waals surface area contributed by atoms with Crippen molar-refractivity contribution in [2.75, 3.05) is 34.4 Å². The zero-order chi connectivity index (χ0) is 21.7. The van der Waals surface area contributed by atoms with Crippen molar-refractivity contribution in [1.82, 2.24) is 9.80 Å². The summed E-state index contributed by atoms with van der Waals surface area (Å²) in [5, 5.41) is 0. The van der Waals surface area contributed by atoms with Crippen LogP contribution in [-0.4, -0.2) is 61.9 Å². The van der Waals surface area contributed by atoms with Gasteiger partial charge in [0.25, 0.3) is 11.8 Å². The van der Waals surface area contributed by atoms with Gasteiger partial charge in [0.1, 0.15) is 0 Å². The number of imide groups is 1. The molecule has 3 amide bonds. The summed E-state index contributed by atoms with van der Waals surface area (Å²) in [6.45, 7) is 0.795. The van der Waals surface area contributed by atoms with Crippen LogP contribution < -0.4 is 9.47 Å². The van der Waals surface area contributed by atoms with Gasteiger partial charge in [0, 0.05) is 26.6 Å². The zero-order valence-corrected chi connectivity index (χ0v) is 17.5. The number of carbonyl (C=O) groups is 3. The first kappa shape index (κ1) is 21.4. The smallest absolute Gasteiger partial charge is 0.261 e. The van der Waals surface area contributed by atoms with Crippen LogP contribution in [0.25, 0.3) is 0 Å². The Labute approximate surface area is 176 Å². The largest absolute Gasteiger partial charge is 0.493 e. The number of ether oxygens (including phenoxy) is 2. The molecule has 0 radical (unpaired) electrons. The number of hydrogen-bond donors (Lipinski definition) is 0. The van der Waals surface area contributed by atoms with Crippen molar-refractivity contribution in [3.8, 4) is 11.5 Å². The van der Waals surface area contributed by atoms with Crippen molar-refractivity contribution in [1.29, 1.82) is 0 Å². The van der Waals surface area contributed by atoms with Crippen LogP contribution in [0.2, 0.25) is 0 Å². The highest BCUT2D eigenvalue weighted by Gasteiger charge is 2.34. The van der Waals surface area contributed by atoms with Gasteiger partial charge in [-0.15, -0.1) is 0 Å². The lowest BCUT2D eigenvalue weighted by atomic mass is 10.1. The van der Waals surface area contributed by atoms with Crippen molar-refractivity contribution < 1.29 is 23.9 Å². The van der Waals surface area contributed by atoms with Crippen LogP contribution in [0.1, 0.15) is 39.1 Å². The summed E-state index contributed by atoms with van der Waals surface area (Å²) in [5.41, 5.74) is 1.90. The van der Waals surface area contributed by atoms with Gasteiger partial charge in [-0.05, 0) is 42.7 Å². The Kier molecular flexibility index (Phi) is 6.72. The van der Waals surface area contributed by atoms with E-state index in [1.807, 2.05) is 18.2 Å². The molecule has 7 nitrogen and oxygen atoms in total. The van der Waals surface area contributed by atoms with Gasteiger partial charge in [0.05, 0.1) is 25.3 Å². The maximum atomic E-state index is 12.4. The molecule has 0 saturated carbocycles. The molecule has 0 atom stereocenters. The van der Waals surface area contributed by atoms with E-state index < -0.39 is 0 Å². The molecule has 7 heteroatoms. The number of fused-ring (bicyclic) bond motifs is 1. The van der Waals surface area contributed by atoms with E-state index in [0.29, 0.717) is 42.0 Å². The molecule has 2 aromatic carbocycles. The second-order valence-corrected chi connectivity index (χ2v) is 7.17. The number of rotatable bonds is 9. The van der Waals surface area contributed by atoms with Crippen molar-refractivity contribution in [3.05, 3.63) is 59.2 Å². The van der Waals surface area contributed by atoms with Gasteiger partial charge in [-0.1, -0.05) is 18.2 Å². The summed E-state index contributed by atoms with van der Waals surface area (Å²) in [7, 11) is 4.93. The van der Waals surface area contributed by atoms with Gasteiger partial charge in [-0.2, -0.15) is 0 Å². The van der Waals surface area contributed by atoms with Crippen LogP contribution in [0.3, 0.4) is 0 Å². The van der Waals surface area contributed by atoms with E-state index in [0.717, 1.165) is 5.56 Å². The lowest BCUT2D eigenvalue weighted by Crippen LogP contribution is -2.33. The first-order chi connectivity index (χ1) is 14.5. The fraction of sp³-hybridized carbons (Fsp3) is 0.348. The van der Waals surface area contributed by atoms with E-state index in [1.165, 1.54) is 4.90 Å². The number of hydrogen-bond acceptors (Lipinski definition) is 5. The SMILES string of the molecule is COc1ccc(CCN(C)C(=O)CCCN2C(=O)c3ccccc3C2=O)cc1OC. The summed E-state index contributed by atoms with van der Waals surface area (Å²) in [5.74, 6) is 0.727. The average molecular weight is 410 g/mol. The summed E-state index contributed by atoms with van der Waals surface area (Å²) in [6.07, 6.45) is 1.39. The summed E-state index contributed by atoms with van der Waals surface area (Å²) >= 11 is 0. The van der Waals surface area contributed by atoms with Gasteiger partial charge in [0.15, 0.2) is 11.5 Å². The summed E-state index contributed by atoms with van der Waals surface area (Å²) in [6, 6.07) is 12.5. The standard InChI is InChI=1S/C23H26N2O5/c1-24(14-12-16-10-11-19(29-2)20(15-16)30-3)21(26)9-6-13-25-22(27)17-7-4-5-8-18(17)23(25)28/h4-5,7-8,10-11,15H,6,9,12-14H2,1-3H3. The van der Waals surface area contributed by atoms with E-state index in [1.54, 1.807) is 50.4 Å². The third kappa shape index (κ3) is 4.45. The summed E-state index contributed by atoms with van der Waals surface area (Å²) in [4.78, 5) is 40.1. The third-order valence-corrected chi connectivity index (χ3v) is 5.26. The van der Waals surface area contributed by atoms with E-state index in [4.69, 9.17) is 9.47 Å². The molecule has 0 fully saturated rings. The Balaban J connectivity index is 1.46. The predicted molar refractivity (Wildman–Crippen MR) is 112 cm³/mol. The third-order valence-electron chi connectivity index (χ3n) is 5.26. The van der Waals surface area contributed by atoms with Gasteiger partial charge in [-0.3, -0.25) is 19.3 Å². The Morgan fingerprint density at radius 1 is 0.967 bits per heavy atom. The van der Waals surface area contributed by atoms with Crippen LogP contribution in [0.15, 0.2) is 42.5 Å². The molecule has 1 heterocycles. The lowest BCUT2D eigenvalue weighted by Gasteiger charge is -2.19. The van der Waals surface area contributed by atoms with Crippen LogP contribution >= 0.6 is 0 Å². The number of nitrogens with zero attached hydrogens (tertiary/aromatic N) is 2. The Morgan fingerprint density at radius 2 is 1.60 bits per heavy atom. The molecule has 0 saturated heterocycles. The molecule has 0 aliphatic carbocycles. The normalized spacial score (nSPS) is 12.7. The van der Waals surface area contributed by atoms with Crippen molar-refractivity contribution in [2.45, 2.75) is 19.3 Å². The number of carbonyl (C=O) groups excluding carboxylic acids is 3. The predicted octanol–water partition coefficient (Wildman–Crippen LogP) is 2.78.